The molecule has 1 atom stereocenters. The van der Waals surface area contributed by atoms with Crippen LogP contribution in [0.1, 0.15) is 32.1 Å². The fourth-order valence-corrected chi connectivity index (χ4v) is 4.32. The molecule has 2 heterocycles. The van der Waals surface area contributed by atoms with E-state index in [9.17, 15) is 8.78 Å². The molecule has 1 aliphatic heterocycles. The third kappa shape index (κ3) is 2.00. The van der Waals surface area contributed by atoms with Crippen LogP contribution in [0.4, 0.5) is 14.7 Å². The van der Waals surface area contributed by atoms with Crippen LogP contribution in [0.2, 0.25) is 0 Å². The first kappa shape index (κ1) is 13.7. The summed E-state index contributed by atoms with van der Waals surface area (Å²) in [4.78, 5) is 5.87. The predicted octanol–water partition coefficient (Wildman–Crippen LogP) is 3.38. The molecule has 5 nitrogen and oxygen atoms in total. The first-order valence-electron chi connectivity index (χ1n) is 8.03. The lowest BCUT2D eigenvalue weighted by Crippen LogP contribution is -2.57. The molecule has 1 spiro atoms. The van der Waals surface area contributed by atoms with E-state index in [4.69, 9.17) is 9.25 Å². The summed E-state index contributed by atoms with van der Waals surface area (Å²) in [6.07, 6.45) is 5.75. The van der Waals surface area contributed by atoms with E-state index in [2.05, 4.69) is 11.0 Å². The van der Waals surface area contributed by atoms with Crippen molar-refractivity contribution >= 4 is 16.9 Å². The fourth-order valence-electron chi connectivity index (χ4n) is 4.32. The molecular weight excluding hydrogens is 304 g/mol. The van der Waals surface area contributed by atoms with Crippen molar-refractivity contribution < 1.29 is 18.0 Å². The lowest BCUT2D eigenvalue weighted by Gasteiger charge is -2.47. The minimum atomic E-state index is -0.710. The summed E-state index contributed by atoms with van der Waals surface area (Å²) in [6.45, 7) is 0. The molecule has 122 valence electrons. The molecule has 3 saturated carbocycles. The van der Waals surface area contributed by atoms with Crippen LogP contribution in [0, 0.1) is 23.5 Å². The number of hydrogen-bond donors (Lipinski definition) is 2. The van der Waals surface area contributed by atoms with E-state index in [1.807, 2.05) is 0 Å². The van der Waals surface area contributed by atoms with Crippen LogP contribution < -0.4 is 16.1 Å². The SMILES string of the molecule is Fc1cc(F)c2oc(N3NOC4(CC5CCC4CC5)N3)cc2c1. The maximum Gasteiger partial charge on any atom is 0.227 e. The molecule has 1 aromatic heterocycles. The summed E-state index contributed by atoms with van der Waals surface area (Å²) in [5, 5.41) is 1.91. The lowest BCUT2D eigenvalue weighted by atomic mass is 9.66. The number of anilines is 1. The highest BCUT2D eigenvalue weighted by Crippen LogP contribution is 2.49. The molecule has 4 fully saturated rings. The zero-order valence-electron chi connectivity index (χ0n) is 12.4. The summed E-state index contributed by atoms with van der Waals surface area (Å²) in [7, 11) is 0. The summed E-state index contributed by atoms with van der Waals surface area (Å²) < 4.78 is 32.6. The van der Waals surface area contributed by atoms with E-state index < -0.39 is 17.4 Å². The number of furan rings is 1. The third-order valence-corrected chi connectivity index (χ3v) is 5.46. The Bertz CT molecular complexity index is 772. The maximum atomic E-state index is 13.8. The Morgan fingerprint density at radius 3 is 2.70 bits per heavy atom. The number of nitrogens with one attached hydrogen (secondary N) is 2. The van der Waals surface area contributed by atoms with Gasteiger partial charge in [-0.2, -0.15) is 10.5 Å². The Kier molecular flexibility index (Phi) is 2.78. The van der Waals surface area contributed by atoms with E-state index in [0.29, 0.717) is 23.1 Å². The van der Waals surface area contributed by atoms with E-state index >= 15 is 0 Å². The van der Waals surface area contributed by atoms with Crippen molar-refractivity contribution in [1.29, 1.82) is 0 Å². The van der Waals surface area contributed by atoms with Gasteiger partial charge in [-0.05, 0) is 44.1 Å². The summed E-state index contributed by atoms with van der Waals surface area (Å²) in [5.41, 5.74) is 5.78. The van der Waals surface area contributed by atoms with Crippen LogP contribution in [0.3, 0.4) is 0 Å². The van der Waals surface area contributed by atoms with Crippen molar-refractivity contribution in [2.75, 3.05) is 5.12 Å². The second-order valence-electron chi connectivity index (χ2n) is 6.84. The molecule has 4 aliphatic rings. The molecule has 1 unspecified atom stereocenters. The van der Waals surface area contributed by atoms with Gasteiger partial charge in [0.05, 0.1) is 0 Å². The third-order valence-electron chi connectivity index (χ3n) is 5.46. The Hall–Kier alpha value is -1.70. The Morgan fingerprint density at radius 2 is 1.96 bits per heavy atom. The smallest absolute Gasteiger partial charge is 0.227 e. The van der Waals surface area contributed by atoms with Crippen LogP contribution in [-0.4, -0.2) is 5.72 Å². The monoisotopic (exact) mass is 321 g/mol. The average molecular weight is 321 g/mol. The maximum absolute atomic E-state index is 13.8. The molecular formula is C16H17F2N3O2. The highest BCUT2D eigenvalue weighted by atomic mass is 19.1. The fraction of sp³-hybridized carbons (Fsp3) is 0.500. The second kappa shape index (κ2) is 4.66. The molecule has 0 radical (unpaired) electrons. The van der Waals surface area contributed by atoms with Crippen molar-refractivity contribution in [2.24, 2.45) is 11.8 Å². The lowest BCUT2D eigenvalue weighted by molar-refractivity contribution is -0.153. The number of halogens is 2. The van der Waals surface area contributed by atoms with E-state index in [1.54, 1.807) is 6.07 Å². The summed E-state index contributed by atoms with van der Waals surface area (Å²) >= 11 is 0. The molecule has 23 heavy (non-hydrogen) atoms. The molecule has 1 saturated heterocycles. The number of nitrogens with zero attached hydrogens (tertiary/aromatic N) is 1. The Labute approximate surface area is 131 Å². The van der Waals surface area contributed by atoms with E-state index in [1.165, 1.54) is 24.0 Å². The van der Waals surface area contributed by atoms with Crippen LogP contribution >= 0.6 is 0 Å². The molecule has 0 amide bonds. The molecule has 2 bridgehead atoms. The second-order valence-corrected chi connectivity index (χ2v) is 6.84. The van der Waals surface area contributed by atoms with Gasteiger partial charge in [0, 0.05) is 23.4 Å². The zero-order chi connectivity index (χ0) is 15.6. The van der Waals surface area contributed by atoms with Gasteiger partial charge in [0.2, 0.25) is 5.88 Å². The average Bonchev–Trinajstić information content (AvgIpc) is 3.13. The number of hydrogen-bond acceptors (Lipinski definition) is 5. The highest BCUT2D eigenvalue weighted by Gasteiger charge is 2.53. The number of benzene rings is 1. The molecule has 1 aromatic carbocycles. The Balaban J connectivity index is 1.46. The molecule has 2 N–H and O–H groups in total. The number of hydrazine groups is 2. The first-order chi connectivity index (χ1) is 11.1. The van der Waals surface area contributed by atoms with Crippen molar-refractivity contribution in [2.45, 2.75) is 37.8 Å². The van der Waals surface area contributed by atoms with Crippen molar-refractivity contribution in [3.05, 3.63) is 29.8 Å². The van der Waals surface area contributed by atoms with E-state index in [0.717, 1.165) is 25.3 Å². The zero-order valence-corrected chi connectivity index (χ0v) is 12.4. The van der Waals surface area contributed by atoms with Gasteiger partial charge in [0.25, 0.3) is 0 Å². The normalized spacial score (nSPS) is 33.2. The van der Waals surface area contributed by atoms with Gasteiger partial charge >= 0.3 is 0 Å². The highest BCUT2D eigenvalue weighted by molar-refractivity contribution is 5.81. The Morgan fingerprint density at radius 1 is 1.13 bits per heavy atom. The predicted molar refractivity (Wildman–Crippen MR) is 78.8 cm³/mol. The van der Waals surface area contributed by atoms with Crippen LogP contribution in [0.25, 0.3) is 11.0 Å². The molecule has 3 aliphatic carbocycles. The van der Waals surface area contributed by atoms with Gasteiger partial charge in [-0.25, -0.2) is 8.78 Å². The van der Waals surface area contributed by atoms with Gasteiger partial charge in [-0.1, -0.05) is 5.59 Å². The van der Waals surface area contributed by atoms with Crippen LogP contribution in [0.5, 0.6) is 0 Å². The molecule has 2 aromatic rings. The van der Waals surface area contributed by atoms with Gasteiger partial charge in [0.15, 0.2) is 17.1 Å². The standard InChI is InChI=1S/C16H17F2N3O2/c17-12-5-10-6-14(22-15(10)13(18)7-12)21-19-16(23-20-21)8-9-1-3-11(16)4-2-9/h5-7,9,11,19-20H,1-4,8H2. The van der Waals surface area contributed by atoms with Crippen LogP contribution in [-0.2, 0) is 4.84 Å². The quantitative estimate of drug-likeness (QED) is 0.843. The summed E-state index contributed by atoms with van der Waals surface area (Å²) in [6, 6.07) is 3.66. The number of rotatable bonds is 1. The van der Waals surface area contributed by atoms with Crippen molar-refractivity contribution in [3.63, 3.8) is 0 Å². The van der Waals surface area contributed by atoms with Gasteiger partial charge in [0.1, 0.15) is 5.82 Å². The van der Waals surface area contributed by atoms with Gasteiger partial charge in [-0.3, -0.25) is 4.84 Å². The van der Waals surface area contributed by atoms with E-state index in [-0.39, 0.29) is 5.58 Å². The first-order valence-corrected chi connectivity index (χ1v) is 8.03. The van der Waals surface area contributed by atoms with Crippen LogP contribution in [0.15, 0.2) is 22.6 Å². The molecule has 6 rings (SSSR count). The molecule has 7 heteroatoms. The number of fused-ring (bicyclic) bond motifs is 3. The van der Waals surface area contributed by atoms with Gasteiger partial charge < -0.3 is 4.42 Å². The summed E-state index contributed by atoms with van der Waals surface area (Å²) in [5.74, 6) is 0.141. The van der Waals surface area contributed by atoms with Gasteiger partial charge in [-0.15, -0.1) is 0 Å². The van der Waals surface area contributed by atoms with Crippen molar-refractivity contribution in [3.8, 4) is 0 Å². The largest absolute Gasteiger partial charge is 0.435 e. The topological polar surface area (TPSA) is 49.7 Å². The minimum absolute atomic E-state index is 0.0381. The minimum Gasteiger partial charge on any atom is -0.435 e. The van der Waals surface area contributed by atoms with Crippen molar-refractivity contribution in [1.82, 2.24) is 11.0 Å².